The number of benzene rings is 8. The molecular formula is C66H68FN5O14S4. The number of methoxy groups -OCH3 is 8. The first kappa shape index (κ1) is 69.9. The minimum Gasteiger partial charge on any atom is -0.493 e. The lowest BCUT2D eigenvalue weighted by Crippen LogP contribution is -2.10. The monoisotopic (exact) mass is 1300 g/mol. The zero-order valence-electron chi connectivity index (χ0n) is 51.0. The van der Waals surface area contributed by atoms with Gasteiger partial charge in [-0.15, -0.1) is 12.6 Å². The summed E-state index contributed by atoms with van der Waals surface area (Å²) in [5.74, 6) is 5.12. The van der Waals surface area contributed by atoms with E-state index in [1.165, 1.54) is 59.6 Å². The van der Waals surface area contributed by atoms with Crippen molar-refractivity contribution >= 4 is 82.0 Å². The fourth-order valence-electron chi connectivity index (χ4n) is 8.66. The van der Waals surface area contributed by atoms with Crippen molar-refractivity contribution in [3.8, 4) is 46.0 Å². The molecule has 19 nitrogen and oxygen atoms in total. The van der Waals surface area contributed by atoms with Crippen LogP contribution in [0.3, 0.4) is 0 Å². The summed E-state index contributed by atoms with van der Waals surface area (Å²) in [7, 11) is 12.9. The molecule has 1 aliphatic rings. The predicted molar refractivity (Wildman–Crippen MR) is 355 cm³/mol. The molecule has 472 valence electrons. The number of ether oxygens (including phenoxy) is 8. The minimum atomic E-state index is -0.533. The highest BCUT2D eigenvalue weighted by molar-refractivity contribution is 7.99. The molecule has 0 radical (unpaired) electrons. The van der Waals surface area contributed by atoms with Crippen LogP contribution >= 0.6 is 47.9 Å². The summed E-state index contributed by atoms with van der Waals surface area (Å²) in [5.41, 5.74) is 2.94. The quantitative estimate of drug-likeness (QED) is 0.0436. The standard InChI is InChI=1S/C20H22N2O4S.C16H15NO2S.C15H15NO4S.C8H10O2S.C7H6FNO2/c1-25-19-8-6-17(14-20(19)26-2)27-16-5-7-18(22(23)24)15(13-16)9-12-21-10-3-4-11-21;1-18-15-6-4-13(10-16(15)19-2)20-12-3-5-14-11(9-12)7-8-17-14;1-10-8-11(4-6-13(10)16(17)18)21-12-5-7-14(19-2)15(9-12)20-3;1-9-7-4-3-6(11)5-8(7)10-2;1-5-4-6(8)2-3-7(5)9(10)11/h5-9,12-14H,3-4,10-11H2,1-2H3;3-10,17H,1-2H3;4-9H,1-3H3;3-5,11H,1-2H3;2-4H,1H3/b12-9+;;;;. The molecule has 1 aliphatic heterocycles. The minimum absolute atomic E-state index is 0.0496. The van der Waals surface area contributed by atoms with Crippen molar-refractivity contribution in [1.82, 2.24) is 9.88 Å². The van der Waals surface area contributed by atoms with Crippen LogP contribution < -0.4 is 37.9 Å². The Bertz CT molecular complexity index is 3920. The molecule has 8 aromatic carbocycles. The Morgan fingerprint density at radius 1 is 0.456 bits per heavy atom. The van der Waals surface area contributed by atoms with E-state index in [2.05, 4.69) is 46.8 Å². The summed E-state index contributed by atoms with van der Waals surface area (Å²) in [6.07, 6.45) is 8.08. The Morgan fingerprint density at radius 2 is 0.833 bits per heavy atom. The van der Waals surface area contributed by atoms with Gasteiger partial charge >= 0.3 is 0 Å². The van der Waals surface area contributed by atoms with Crippen LogP contribution in [0.15, 0.2) is 198 Å². The Kier molecular flexibility index (Phi) is 27.2. The summed E-state index contributed by atoms with van der Waals surface area (Å²) in [6, 6.07) is 44.8. The summed E-state index contributed by atoms with van der Waals surface area (Å²) in [5, 5.41) is 33.6. The maximum Gasteiger partial charge on any atom is 0.276 e. The second-order valence-corrected chi connectivity index (χ2v) is 23.0. The average molecular weight is 1300 g/mol. The molecule has 0 unspecified atom stereocenters. The number of nitrogens with zero attached hydrogens (tertiary/aromatic N) is 4. The number of thiol groups is 1. The van der Waals surface area contributed by atoms with Gasteiger partial charge in [0.15, 0.2) is 46.0 Å². The Balaban J connectivity index is 0.000000186. The molecule has 9 aromatic rings. The molecule has 2 heterocycles. The van der Waals surface area contributed by atoms with Crippen LogP contribution in [-0.2, 0) is 0 Å². The van der Waals surface area contributed by atoms with Gasteiger partial charge in [-0.3, -0.25) is 30.3 Å². The van der Waals surface area contributed by atoms with Crippen LogP contribution in [0.1, 0.15) is 29.5 Å². The van der Waals surface area contributed by atoms with Gasteiger partial charge in [-0.2, -0.15) is 0 Å². The van der Waals surface area contributed by atoms with Crippen LogP contribution in [-0.4, -0.2) is 94.6 Å². The maximum atomic E-state index is 12.4. The zero-order chi connectivity index (χ0) is 65.3. The number of rotatable bonds is 19. The molecule has 0 atom stereocenters. The molecule has 24 heteroatoms. The van der Waals surface area contributed by atoms with Gasteiger partial charge in [0.2, 0.25) is 0 Å². The molecule has 1 N–H and O–H groups in total. The van der Waals surface area contributed by atoms with Crippen molar-refractivity contribution in [2.45, 2.75) is 61.0 Å². The topological polar surface area (TPSA) is 222 Å². The van der Waals surface area contributed by atoms with E-state index < -0.39 is 10.7 Å². The Hall–Kier alpha value is -9.23. The molecule has 1 saturated heterocycles. The lowest BCUT2D eigenvalue weighted by molar-refractivity contribution is -0.385. The van der Waals surface area contributed by atoms with Gasteiger partial charge < -0.3 is 47.8 Å². The molecule has 0 bridgehead atoms. The number of aryl methyl sites for hydroxylation is 2. The smallest absolute Gasteiger partial charge is 0.276 e. The van der Waals surface area contributed by atoms with E-state index >= 15 is 0 Å². The third-order valence-electron chi connectivity index (χ3n) is 13.2. The maximum absolute atomic E-state index is 12.4. The van der Waals surface area contributed by atoms with E-state index in [1.54, 1.807) is 99.8 Å². The molecule has 10 rings (SSSR count). The first-order valence-corrected chi connectivity index (χ1v) is 30.3. The molecule has 1 aromatic heterocycles. The number of likely N-dealkylation sites (tertiary alicyclic amines) is 1. The van der Waals surface area contributed by atoms with Crippen molar-refractivity contribution in [3.63, 3.8) is 0 Å². The highest BCUT2D eigenvalue weighted by atomic mass is 32.2. The third kappa shape index (κ3) is 20.4. The number of H-pyrrole nitrogens is 1. The summed E-state index contributed by atoms with van der Waals surface area (Å²) >= 11 is 8.90. The van der Waals surface area contributed by atoms with E-state index in [0.717, 1.165) is 83.4 Å². The summed E-state index contributed by atoms with van der Waals surface area (Å²) < 4.78 is 54.1. The van der Waals surface area contributed by atoms with Gasteiger partial charge in [-0.1, -0.05) is 35.3 Å². The number of nitro benzene ring substituents is 3. The largest absolute Gasteiger partial charge is 0.493 e. The lowest BCUT2D eigenvalue weighted by Gasteiger charge is -2.11. The van der Waals surface area contributed by atoms with Crippen molar-refractivity contribution in [1.29, 1.82) is 0 Å². The number of hydrogen-bond acceptors (Lipinski definition) is 19. The Labute approximate surface area is 539 Å². The van der Waals surface area contributed by atoms with Gasteiger partial charge in [-0.05, 0) is 172 Å². The molecule has 1 fully saturated rings. The molecule has 90 heavy (non-hydrogen) atoms. The van der Waals surface area contributed by atoms with Crippen molar-refractivity contribution in [3.05, 3.63) is 217 Å². The highest BCUT2D eigenvalue weighted by Gasteiger charge is 2.17. The van der Waals surface area contributed by atoms with E-state index in [4.69, 9.17) is 37.9 Å². The fourth-order valence-corrected chi connectivity index (χ4v) is 11.6. The number of nitrogens with one attached hydrogen (secondary N) is 1. The number of halogens is 1. The molecule has 0 saturated carbocycles. The lowest BCUT2D eigenvalue weighted by atomic mass is 10.2. The van der Waals surface area contributed by atoms with Crippen LogP contribution in [0.25, 0.3) is 17.0 Å². The third-order valence-corrected chi connectivity index (χ3v) is 16.4. The first-order valence-electron chi connectivity index (χ1n) is 27.4. The van der Waals surface area contributed by atoms with Crippen LogP contribution in [0.5, 0.6) is 46.0 Å². The fraction of sp³-hybridized carbons (Fsp3) is 0.212. The summed E-state index contributed by atoms with van der Waals surface area (Å²) in [4.78, 5) is 43.5. The highest BCUT2D eigenvalue weighted by Crippen LogP contribution is 2.40. The normalized spacial score (nSPS) is 11.3. The van der Waals surface area contributed by atoms with E-state index in [0.29, 0.717) is 45.4 Å². The van der Waals surface area contributed by atoms with Gasteiger partial charge in [0.1, 0.15) is 5.82 Å². The number of aromatic nitrogens is 1. The predicted octanol–water partition coefficient (Wildman–Crippen LogP) is 17.3. The number of aromatic amines is 1. The second-order valence-electron chi connectivity index (χ2n) is 19.1. The van der Waals surface area contributed by atoms with Gasteiger partial charge in [0, 0.05) is 93.8 Å². The van der Waals surface area contributed by atoms with Gasteiger partial charge in [-0.25, -0.2) is 4.39 Å². The second kappa shape index (κ2) is 35.1. The van der Waals surface area contributed by atoms with E-state index in [1.807, 2.05) is 97.3 Å². The van der Waals surface area contributed by atoms with Crippen LogP contribution in [0.2, 0.25) is 0 Å². The van der Waals surface area contributed by atoms with Gasteiger partial charge in [0.05, 0.1) is 77.2 Å². The first-order chi connectivity index (χ1) is 43.3. The van der Waals surface area contributed by atoms with Crippen molar-refractivity contribution < 1.29 is 57.1 Å². The van der Waals surface area contributed by atoms with Crippen molar-refractivity contribution in [2.24, 2.45) is 0 Å². The number of hydrogen-bond donors (Lipinski definition) is 2. The van der Waals surface area contributed by atoms with Crippen LogP contribution in [0.4, 0.5) is 21.5 Å². The number of fused-ring (bicyclic) bond motifs is 1. The molecular weight excluding hydrogens is 1230 g/mol. The van der Waals surface area contributed by atoms with Gasteiger partial charge in [0.25, 0.3) is 17.1 Å². The Morgan fingerprint density at radius 3 is 1.28 bits per heavy atom. The zero-order valence-corrected chi connectivity index (χ0v) is 54.4. The van der Waals surface area contributed by atoms with E-state index in [-0.39, 0.29) is 26.9 Å². The summed E-state index contributed by atoms with van der Waals surface area (Å²) in [6.45, 7) is 5.24. The molecule has 0 aliphatic carbocycles. The number of nitro groups is 3. The molecule has 0 amide bonds. The average Bonchev–Trinajstić information content (AvgIpc) is 2.41. The molecule has 0 spiro atoms. The van der Waals surface area contributed by atoms with E-state index in [9.17, 15) is 34.7 Å². The van der Waals surface area contributed by atoms with Crippen LogP contribution in [0, 0.1) is 50.0 Å². The SMILES string of the molecule is COc1ccc(S)cc1OC.COc1ccc(Sc2ccc([N+](=O)[O-])c(/C=C/N3CCCC3)c2)cc1OC.COc1ccc(Sc2ccc([N+](=O)[O-])c(C)c2)cc1OC.COc1ccc(Sc2ccc3[nH]ccc3c2)cc1OC.Cc1cc(F)ccc1[N+](=O)[O-]. The van der Waals surface area contributed by atoms with Crippen molar-refractivity contribution in [2.75, 3.05) is 70.0 Å².